The van der Waals surface area contributed by atoms with Gasteiger partial charge in [0.05, 0.1) is 57.5 Å². The number of aromatic nitrogens is 12. The summed E-state index contributed by atoms with van der Waals surface area (Å²) in [5, 5.41) is 33.1. The van der Waals surface area contributed by atoms with Crippen LogP contribution in [0.1, 0.15) is 18.7 Å². The molecule has 3 aliphatic heterocycles. The number of aromatic amines is 2. The van der Waals surface area contributed by atoms with E-state index in [1.165, 1.54) is 47.6 Å². The molecule has 42 heteroatoms. The molecule has 0 amide bonds. The van der Waals surface area contributed by atoms with Crippen LogP contribution >= 0.6 is 23.5 Å². The van der Waals surface area contributed by atoms with Crippen LogP contribution in [0.15, 0.2) is 34.9 Å². The topological polar surface area (TPSA) is 542 Å². The van der Waals surface area contributed by atoms with Crippen molar-refractivity contribution < 1.29 is 98.0 Å². The molecule has 0 aliphatic carbocycles. The maximum absolute atomic E-state index is 13.9. The predicted octanol–water partition coefficient (Wildman–Crippen LogP) is -4.78. The maximum atomic E-state index is 13.9. The molecular weight excluding hydrogens is 1120 g/mol. The number of aliphatic hydroxyl groups is 3. The molecule has 15 N–H and O–H groups in total. The lowest BCUT2D eigenvalue weighted by Gasteiger charge is -2.24. The summed E-state index contributed by atoms with van der Waals surface area (Å²) >= 11 is 0. The number of aryl methyl sites for hydroxylation is 1. The zero-order valence-corrected chi connectivity index (χ0v) is 43.4. The number of sulfonamides is 1. The molecule has 38 nitrogen and oxygen atoms in total. The number of phosphoric ester groups is 2. The van der Waals surface area contributed by atoms with Crippen molar-refractivity contribution in [2.75, 3.05) is 63.5 Å². The Bertz CT molecular complexity index is 3580. The summed E-state index contributed by atoms with van der Waals surface area (Å²) < 4.78 is 122. The van der Waals surface area contributed by atoms with E-state index in [0.717, 1.165) is 17.2 Å². The Morgan fingerprint density at radius 1 is 0.753 bits per heavy atom. The highest BCUT2D eigenvalue weighted by atomic mass is 32.2. The second-order valence-corrected chi connectivity index (χ2v) is 24.0. The quantitative estimate of drug-likeness (QED) is 0.0238. The van der Waals surface area contributed by atoms with Gasteiger partial charge < -0.3 is 70.9 Å². The molecule has 3 unspecified atom stereocenters. The minimum Gasteiger partial charge on any atom is -0.387 e. The third-order valence-corrected chi connectivity index (χ3v) is 18.3. The van der Waals surface area contributed by atoms with Crippen molar-refractivity contribution in [2.45, 2.75) is 61.4 Å². The van der Waals surface area contributed by atoms with Gasteiger partial charge in [-0.25, -0.2) is 51.3 Å². The number of methoxy groups -OCH3 is 2. The van der Waals surface area contributed by atoms with E-state index in [2.05, 4.69) is 53.2 Å². The lowest BCUT2D eigenvalue weighted by molar-refractivity contribution is -0.745. The molecule has 9 rings (SSSR count). The molecule has 0 saturated carbocycles. The van der Waals surface area contributed by atoms with Crippen molar-refractivity contribution in [3.8, 4) is 0 Å². The van der Waals surface area contributed by atoms with Gasteiger partial charge in [0.15, 0.2) is 41.4 Å². The van der Waals surface area contributed by atoms with Gasteiger partial charge in [-0.05, 0) is 0 Å². The molecular formula is C35H50N16O22P3S+. The normalized spacial score (nSPS) is 29.4. The third kappa shape index (κ3) is 11.4. The van der Waals surface area contributed by atoms with E-state index < -0.39 is 143 Å². The van der Waals surface area contributed by atoms with E-state index in [9.17, 15) is 61.7 Å². The highest BCUT2D eigenvalue weighted by Gasteiger charge is 2.52. The number of nitrogen functional groups attached to an aromatic ring is 3. The summed E-state index contributed by atoms with van der Waals surface area (Å²) in [6, 6.07) is 0. The van der Waals surface area contributed by atoms with Crippen LogP contribution in [0.3, 0.4) is 0 Å². The molecule has 0 bridgehead atoms. The van der Waals surface area contributed by atoms with Gasteiger partial charge >= 0.3 is 29.1 Å². The standard InChI is InChI=1S/C35H49N16O22P3S/c1-48-12-51(28-20(48)30(56)47-35(38)45-28)31-21(52)13(5-65-2)16(70-31)6-67-74(57,58)72-76(61,62)73-75(59,60)68-7-17-14(24(66-3)33(71-17)49-10-41-18-25(36)39-9-40-26(18)49)8-77(63,64)43-4-15-22(53)23(54)32(69-15)50-11-42-19-27(50)44-34(37)46-29(19)55/h9-17,21-24,31-33,43,52-54H,4-8H2,1-3H3,(H10-,36,37,38,39,40,44,45,46,47,55,56,57,58,59,60,61,62)/p+1/t13-,14-,15-,16-,17-,21-,22-,23-,24-,31-,32-,33-/m1/s1. The van der Waals surface area contributed by atoms with Crippen molar-refractivity contribution in [1.82, 2.24) is 58.3 Å². The Hall–Kier alpha value is -5.35. The Kier molecular flexibility index (Phi) is 15.6. The average molecular weight is 1170 g/mol. The Balaban J connectivity index is 0.870. The Morgan fingerprint density at radius 2 is 1.36 bits per heavy atom. The molecule has 3 aliphatic rings. The molecule has 3 saturated heterocycles. The number of hydrogen-bond acceptors (Lipinski definition) is 28. The fourth-order valence-corrected chi connectivity index (χ4v) is 14.2. The van der Waals surface area contributed by atoms with Gasteiger partial charge in [0.2, 0.25) is 27.7 Å². The van der Waals surface area contributed by atoms with Crippen molar-refractivity contribution in [3.05, 3.63) is 46.0 Å². The zero-order chi connectivity index (χ0) is 55.7. The van der Waals surface area contributed by atoms with Crippen molar-refractivity contribution in [2.24, 2.45) is 18.9 Å². The number of H-pyrrole nitrogens is 2. The summed E-state index contributed by atoms with van der Waals surface area (Å²) in [5.74, 6) is -3.99. The maximum Gasteiger partial charge on any atom is 0.490 e. The van der Waals surface area contributed by atoms with Crippen LogP contribution in [0.5, 0.6) is 0 Å². The van der Waals surface area contributed by atoms with Crippen molar-refractivity contribution in [1.29, 1.82) is 0 Å². The zero-order valence-electron chi connectivity index (χ0n) is 39.9. The van der Waals surface area contributed by atoms with Crippen LogP contribution in [0.2, 0.25) is 0 Å². The van der Waals surface area contributed by atoms with Gasteiger partial charge in [-0.3, -0.25) is 42.3 Å². The average Bonchev–Trinajstić information content (AvgIpc) is 4.21. The fraction of sp³-hybridized carbons (Fsp3) is 0.571. The number of phosphoric acid groups is 3. The number of hydrogen-bond donors (Lipinski definition) is 12. The minimum atomic E-state index is -6.15. The number of rotatable bonds is 21. The number of nitrogens with one attached hydrogen (secondary N) is 3. The van der Waals surface area contributed by atoms with Gasteiger partial charge in [0, 0.05) is 32.6 Å². The van der Waals surface area contributed by atoms with E-state index in [4.69, 9.17) is 49.9 Å². The SMILES string of the molecule is COC[C@H]1[C@@H](O)[C@H]([n+]2cn(C)c3c(=O)[nH]c(N)nc32)O[C@@H]1COP(=O)(O)OP(=O)(O)OP(=O)(O)OC[C@H]1O[C@@H](n2cnc3c(N)ncnc32)[C@H](OC)[C@@H]1CS(=O)(=O)NC[C@H]1O[C@@H](n2cnc3c(=O)[nH]c(N)nc32)[C@H](O)[C@@H]1O. The van der Waals surface area contributed by atoms with Crippen LogP contribution in [0.25, 0.3) is 33.5 Å². The highest BCUT2D eigenvalue weighted by molar-refractivity contribution is 7.89. The summed E-state index contributed by atoms with van der Waals surface area (Å²) in [7, 11) is -18.4. The molecule has 6 aromatic heterocycles. The highest BCUT2D eigenvalue weighted by Crippen LogP contribution is 2.68. The van der Waals surface area contributed by atoms with Gasteiger partial charge in [0.1, 0.15) is 42.4 Å². The summed E-state index contributed by atoms with van der Waals surface area (Å²) in [4.78, 5) is 85.6. The molecule has 0 radical (unpaired) electrons. The summed E-state index contributed by atoms with van der Waals surface area (Å²) in [6.07, 6.45) is -9.95. The van der Waals surface area contributed by atoms with Crippen LogP contribution in [0.4, 0.5) is 17.7 Å². The molecule has 77 heavy (non-hydrogen) atoms. The molecule has 9 heterocycles. The number of anilines is 3. The van der Waals surface area contributed by atoms with Gasteiger partial charge in [-0.15, -0.1) is 0 Å². The third-order valence-electron chi connectivity index (χ3n) is 12.6. The number of nitrogens with zero attached hydrogens (tertiary/aromatic N) is 10. The van der Waals surface area contributed by atoms with Gasteiger partial charge in [0.25, 0.3) is 17.1 Å². The lowest BCUT2D eigenvalue weighted by Crippen LogP contribution is -2.45. The van der Waals surface area contributed by atoms with Crippen LogP contribution in [-0.4, -0.2) is 181 Å². The number of ether oxygens (including phenoxy) is 5. The monoisotopic (exact) mass is 1170 g/mol. The molecule has 0 spiro atoms. The Morgan fingerprint density at radius 3 is 2.03 bits per heavy atom. The van der Waals surface area contributed by atoms with E-state index in [-0.39, 0.29) is 57.8 Å². The predicted molar refractivity (Wildman–Crippen MR) is 253 cm³/mol. The molecule has 6 aromatic rings. The van der Waals surface area contributed by atoms with Crippen LogP contribution in [0, 0.1) is 11.8 Å². The summed E-state index contributed by atoms with van der Waals surface area (Å²) in [5.41, 5.74) is 16.0. The first-order chi connectivity index (χ1) is 36.2. The van der Waals surface area contributed by atoms with Gasteiger partial charge in [-0.2, -0.15) is 13.6 Å². The fourth-order valence-electron chi connectivity index (χ4n) is 9.19. The molecule has 3 fully saturated rings. The first kappa shape index (κ1) is 56.4. The van der Waals surface area contributed by atoms with E-state index in [1.807, 2.05) is 0 Å². The van der Waals surface area contributed by atoms with Gasteiger partial charge in [-0.1, -0.05) is 4.98 Å². The number of aliphatic hydroxyl groups excluding tert-OH is 3. The lowest BCUT2D eigenvalue weighted by atomic mass is 9.99. The van der Waals surface area contributed by atoms with Crippen LogP contribution in [-0.2, 0) is 72.1 Å². The van der Waals surface area contributed by atoms with Crippen LogP contribution < -0.4 is 37.6 Å². The largest absolute Gasteiger partial charge is 0.490 e. The van der Waals surface area contributed by atoms with E-state index in [1.54, 1.807) is 0 Å². The molecule has 0 aromatic carbocycles. The number of imidazole rings is 3. The van der Waals surface area contributed by atoms with Crippen molar-refractivity contribution in [3.63, 3.8) is 0 Å². The number of nitrogens with two attached hydrogens (primary N) is 3. The Labute approximate surface area is 429 Å². The second-order valence-electron chi connectivity index (χ2n) is 17.6. The first-order valence-electron chi connectivity index (χ1n) is 22.3. The van der Waals surface area contributed by atoms with Crippen molar-refractivity contribution >= 4 is 84.7 Å². The van der Waals surface area contributed by atoms with E-state index >= 15 is 0 Å². The number of fused-ring (bicyclic) bond motifs is 3. The molecule has 422 valence electrons. The second kappa shape index (κ2) is 21.4. The summed E-state index contributed by atoms with van der Waals surface area (Å²) in [6.45, 7) is -3.00. The smallest absolute Gasteiger partial charge is 0.387 e. The van der Waals surface area contributed by atoms with E-state index in [0.29, 0.717) is 0 Å². The molecule has 15 atom stereocenters. The minimum absolute atomic E-state index is 0.0133. The first-order valence-corrected chi connectivity index (χ1v) is 28.5.